The number of benzene rings is 2. The lowest BCUT2D eigenvalue weighted by molar-refractivity contribution is -0.135. The van der Waals surface area contributed by atoms with Gasteiger partial charge in [0, 0.05) is 17.7 Å². The second-order valence-corrected chi connectivity index (χ2v) is 8.62. The summed E-state index contributed by atoms with van der Waals surface area (Å²) in [7, 11) is 3.12. The molecule has 2 amide bonds. The third-order valence-electron chi connectivity index (χ3n) is 6.83. The van der Waals surface area contributed by atoms with E-state index in [-0.39, 0.29) is 17.9 Å². The molecule has 31 heavy (non-hydrogen) atoms. The summed E-state index contributed by atoms with van der Waals surface area (Å²) in [6.07, 6.45) is 2.59. The first-order valence-electron chi connectivity index (χ1n) is 10.4. The van der Waals surface area contributed by atoms with Gasteiger partial charge in [-0.25, -0.2) is 0 Å². The monoisotopic (exact) mass is 441 g/mol. The SMILES string of the molecule is COc1ccc(OC)c(NC(=O)[C@H]2C[C@H]3CCCN3[C@]23C(=O)Nc2c(Cl)cccc23)c1. The molecule has 162 valence electrons. The normalized spacial score (nSPS) is 26.5. The first kappa shape index (κ1) is 20.2. The van der Waals surface area contributed by atoms with Crippen molar-refractivity contribution in [3.8, 4) is 11.5 Å². The molecule has 0 aliphatic carbocycles. The van der Waals surface area contributed by atoms with Crippen LogP contribution in [-0.4, -0.2) is 43.5 Å². The molecule has 3 aliphatic rings. The van der Waals surface area contributed by atoms with Gasteiger partial charge in [-0.05, 0) is 44.0 Å². The minimum absolute atomic E-state index is 0.179. The number of nitrogens with one attached hydrogen (secondary N) is 2. The molecule has 2 saturated heterocycles. The van der Waals surface area contributed by atoms with E-state index in [9.17, 15) is 9.59 Å². The zero-order chi connectivity index (χ0) is 21.8. The Morgan fingerprint density at radius 3 is 2.87 bits per heavy atom. The highest BCUT2D eigenvalue weighted by molar-refractivity contribution is 6.35. The molecular formula is C23H24ClN3O4. The van der Waals surface area contributed by atoms with E-state index in [2.05, 4.69) is 15.5 Å². The number of hydrogen-bond acceptors (Lipinski definition) is 5. The molecule has 7 nitrogen and oxygen atoms in total. The van der Waals surface area contributed by atoms with Gasteiger partial charge in [-0.2, -0.15) is 0 Å². The van der Waals surface area contributed by atoms with Gasteiger partial charge in [0.25, 0.3) is 0 Å². The van der Waals surface area contributed by atoms with Gasteiger partial charge >= 0.3 is 0 Å². The predicted octanol–water partition coefficient (Wildman–Crippen LogP) is 3.63. The summed E-state index contributed by atoms with van der Waals surface area (Å²) >= 11 is 6.41. The molecule has 1 spiro atoms. The van der Waals surface area contributed by atoms with Crippen LogP contribution in [0.4, 0.5) is 11.4 Å². The van der Waals surface area contributed by atoms with Gasteiger partial charge in [0.05, 0.1) is 36.5 Å². The topological polar surface area (TPSA) is 79.9 Å². The predicted molar refractivity (Wildman–Crippen MR) is 118 cm³/mol. The molecule has 2 aromatic rings. The number of ether oxygens (including phenoxy) is 2. The second kappa shape index (κ2) is 7.43. The Morgan fingerprint density at radius 2 is 2.10 bits per heavy atom. The number of amides is 2. The van der Waals surface area contributed by atoms with Crippen molar-refractivity contribution in [2.24, 2.45) is 5.92 Å². The fourth-order valence-electron chi connectivity index (χ4n) is 5.55. The van der Waals surface area contributed by atoms with E-state index in [1.165, 1.54) is 0 Å². The lowest BCUT2D eigenvalue weighted by Gasteiger charge is -2.36. The average molecular weight is 442 g/mol. The van der Waals surface area contributed by atoms with Crippen LogP contribution in [0.15, 0.2) is 36.4 Å². The number of nitrogens with zero attached hydrogens (tertiary/aromatic N) is 1. The van der Waals surface area contributed by atoms with Gasteiger partial charge in [-0.15, -0.1) is 0 Å². The molecule has 0 radical (unpaired) electrons. The number of para-hydroxylation sites is 1. The minimum atomic E-state index is -1.06. The quantitative estimate of drug-likeness (QED) is 0.757. The fourth-order valence-corrected chi connectivity index (χ4v) is 5.77. The van der Waals surface area contributed by atoms with Crippen LogP contribution in [0.25, 0.3) is 0 Å². The van der Waals surface area contributed by atoms with Gasteiger partial charge in [0.1, 0.15) is 17.0 Å². The van der Waals surface area contributed by atoms with Gasteiger partial charge < -0.3 is 20.1 Å². The van der Waals surface area contributed by atoms with Crippen LogP contribution in [-0.2, 0) is 15.1 Å². The maximum absolute atomic E-state index is 13.7. The fraction of sp³-hybridized carbons (Fsp3) is 0.391. The number of methoxy groups -OCH3 is 2. The maximum atomic E-state index is 13.7. The summed E-state index contributed by atoms with van der Waals surface area (Å²) in [5.74, 6) is 0.171. The number of hydrogen-bond donors (Lipinski definition) is 2. The van der Waals surface area contributed by atoms with E-state index in [1.807, 2.05) is 12.1 Å². The molecule has 8 heteroatoms. The molecule has 3 atom stereocenters. The van der Waals surface area contributed by atoms with Crippen molar-refractivity contribution in [1.29, 1.82) is 0 Å². The first-order valence-corrected chi connectivity index (χ1v) is 10.8. The highest BCUT2D eigenvalue weighted by atomic mass is 35.5. The minimum Gasteiger partial charge on any atom is -0.497 e. The summed E-state index contributed by atoms with van der Waals surface area (Å²) in [5.41, 5.74) is 0.849. The standard InChI is InChI=1S/C23H24ClN3O4/c1-30-14-8-9-19(31-2)18(12-14)25-21(28)16-11-13-5-4-10-27(13)23(16)15-6-3-7-17(24)20(15)26-22(23)29/h3,6-9,12-13,16H,4-5,10-11H2,1-2H3,(H,25,28)(H,26,29)/t13-,16-,23+/m1/s1. The van der Waals surface area contributed by atoms with Gasteiger partial charge in [-0.3, -0.25) is 14.5 Å². The summed E-state index contributed by atoms with van der Waals surface area (Å²) in [6, 6.07) is 10.9. The molecule has 2 aromatic carbocycles. The van der Waals surface area contributed by atoms with Crippen LogP contribution in [0.3, 0.4) is 0 Å². The van der Waals surface area contributed by atoms with Crippen molar-refractivity contribution in [2.45, 2.75) is 30.8 Å². The van der Waals surface area contributed by atoms with Crippen molar-refractivity contribution in [1.82, 2.24) is 4.90 Å². The molecule has 0 bridgehead atoms. The van der Waals surface area contributed by atoms with Crippen molar-refractivity contribution in [2.75, 3.05) is 31.4 Å². The number of carbonyl (C=O) groups is 2. The van der Waals surface area contributed by atoms with Gasteiger partial charge in [0.2, 0.25) is 11.8 Å². The highest BCUT2D eigenvalue weighted by Crippen LogP contribution is 2.56. The molecular weight excluding hydrogens is 418 g/mol. The number of halogens is 1. The van der Waals surface area contributed by atoms with E-state index in [0.29, 0.717) is 34.3 Å². The molecule has 5 rings (SSSR count). The van der Waals surface area contributed by atoms with Crippen LogP contribution in [0, 0.1) is 5.92 Å². The van der Waals surface area contributed by atoms with Crippen LogP contribution in [0.2, 0.25) is 5.02 Å². The summed E-state index contributed by atoms with van der Waals surface area (Å²) in [4.78, 5) is 29.4. The number of rotatable bonds is 4. The van der Waals surface area contributed by atoms with Crippen molar-refractivity contribution < 1.29 is 19.1 Å². The van der Waals surface area contributed by atoms with Gasteiger partial charge in [0.15, 0.2) is 0 Å². The third-order valence-corrected chi connectivity index (χ3v) is 7.15. The molecule has 2 fully saturated rings. The first-order chi connectivity index (χ1) is 15.0. The second-order valence-electron chi connectivity index (χ2n) is 8.22. The number of carbonyl (C=O) groups excluding carboxylic acids is 2. The largest absolute Gasteiger partial charge is 0.497 e. The number of anilines is 2. The third kappa shape index (κ3) is 2.83. The summed E-state index contributed by atoms with van der Waals surface area (Å²) in [5, 5.41) is 6.45. The van der Waals surface area contributed by atoms with Crippen LogP contribution >= 0.6 is 11.6 Å². The average Bonchev–Trinajstić information content (AvgIpc) is 3.43. The van der Waals surface area contributed by atoms with Crippen LogP contribution in [0.5, 0.6) is 11.5 Å². The zero-order valence-electron chi connectivity index (χ0n) is 17.4. The van der Waals surface area contributed by atoms with Crippen LogP contribution < -0.4 is 20.1 Å². The molecule has 3 aliphatic heterocycles. The number of fused-ring (bicyclic) bond motifs is 4. The van der Waals surface area contributed by atoms with E-state index in [0.717, 1.165) is 24.9 Å². The van der Waals surface area contributed by atoms with Crippen molar-refractivity contribution in [3.05, 3.63) is 47.0 Å². The molecule has 2 N–H and O–H groups in total. The lowest BCUT2D eigenvalue weighted by Crippen LogP contribution is -2.53. The van der Waals surface area contributed by atoms with Crippen molar-refractivity contribution in [3.63, 3.8) is 0 Å². The van der Waals surface area contributed by atoms with E-state index in [4.69, 9.17) is 21.1 Å². The Labute approximate surface area is 185 Å². The molecule has 0 saturated carbocycles. The van der Waals surface area contributed by atoms with Crippen LogP contribution in [0.1, 0.15) is 24.8 Å². The van der Waals surface area contributed by atoms with E-state index >= 15 is 0 Å². The maximum Gasteiger partial charge on any atom is 0.250 e. The molecule has 0 aromatic heterocycles. The Hall–Kier alpha value is -2.77. The Balaban J connectivity index is 1.58. The Bertz CT molecular complexity index is 1070. The Morgan fingerprint density at radius 1 is 1.26 bits per heavy atom. The summed E-state index contributed by atoms with van der Waals surface area (Å²) in [6.45, 7) is 0.774. The van der Waals surface area contributed by atoms with Crippen molar-refractivity contribution >= 4 is 34.8 Å². The lowest BCUT2D eigenvalue weighted by atomic mass is 9.78. The highest BCUT2D eigenvalue weighted by Gasteiger charge is 2.65. The van der Waals surface area contributed by atoms with Gasteiger partial charge in [-0.1, -0.05) is 23.7 Å². The summed E-state index contributed by atoms with van der Waals surface area (Å²) < 4.78 is 10.7. The van der Waals surface area contributed by atoms with E-state index < -0.39 is 11.5 Å². The zero-order valence-corrected chi connectivity index (χ0v) is 18.2. The molecule has 0 unspecified atom stereocenters. The van der Waals surface area contributed by atoms with E-state index in [1.54, 1.807) is 38.5 Å². The Kier molecular flexibility index (Phi) is 4.83. The smallest absolute Gasteiger partial charge is 0.250 e. The molecule has 3 heterocycles.